The molecule has 3 nitrogen and oxygen atoms in total. The van der Waals surface area contributed by atoms with Crippen LogP contribution in [0.4, 0.5) is 5.69 Å². The van der Waals surface area contributed by atoms with Crippen molar-refractivity contribution in [1.82, 2.24) is 0 Å². The number of hydrogen-bond acceptors (Lipinski definition) is 2. The van der Waals surface area contributed by atoms with Crippen LogP contribution in [0, 0.1) is 16.0 Å². The van der Waals surface area contributed by atoms with Gasteiger partial charge in [-0.1, -0.05) is 40.7 Å². The van der Waals surface area contributed by atoms with E-state index >= 15 is 0 Å². The lowest BCUT2D eigenvalue weighted by molar-refractivity contribution is -0.385. The Morgan fingerprint density at radius 2 is 1.65 bits per heavy atom. The molecule has 0 spiro atoms. The van der Waals surface area contributed by atoms with Crippen molar-refractivity contribution in [3.8, 4) is 0 Å². The molecule has 0 radical (unpaired) electrons. The molecule has 0 amide bonds. The first kappa shape index (κ1) is 12.1. The van der Waals surface area contributed by atoms with Gasteiger partial charge >= 0.3 is 0 Å². The lowest BCUT2D eigenvalue weighted by Crippen LogP contribution is -2.30. The number of nitro groups is 1. The van der Waals surface area contributed by atoms with E-state index in [9.17, 15) is 10.1 Å². The zero-order valence-corrected chi connectivity index (χ0v) is 11.1. The minimum absolute atomic E-state index is 0.00907. The quantitative estimate of drug-likeness (QED) is 0.547. The fourth-order valence-electron chi connectivity index (χ4n) is 3.11. The topological polar surface area (TPSA) is 43.1 Å². The second-order valence-corrected chi connectivity index (χ2v) is 6.15. The highest BCUT2D eigenvalue weighted by Gasteiger charge is 2.48. The molecular formula is C14H19NO2. The molecule has 1 aliphatic carbocycles. The van der Waals surface area contributed by atoms with Crippen LogP contribution in [0.2, 0.25) is 0 Å². The van der Waals surface area contributed by atoms with E-state index in [0.717, 1.165) is 5.56 Å². The second-order valence-electron chi connectivity index (χ2n) is 6.15. The van der Waals surface area contributed by atoms with Gasteiger partial charge in [0.05, 0.1) is 4.92 Å². The third-order valence-corrected chi connectivity index (χ3v) is 4.77. The third-order valence-electron chi connectivity index (χ3n) is 4.77. The van der Waals surface area contributed by atoms with E-state index in [-0.39, 0.29) is 21.4 Å². The first-order valence-electron chi connectivity index (χ1n) is 5.98. The van der Waals surface area contributed by atoms with E-state index in [1.807, 2.05) is 6.07 Å². The van der Waals surface area contributed by atoms with Crippen molar-refractivity contribution in [3.63, 3.8) is 0 Å². The summed E-state index contributed by atoms with van der Waals surface area (Å²) in [6, 6.07) is 5.30. The maximum Gasteiger partial charge on any atom is 0.269 e. The zero-order valence-electron chi connectivity index (χ0n) is 11.1. The number of hydrogen-bond donors (Lipinski definition) is 0. The van der Waals surface area contributed by atoms with Crippen molar-refractivity contribution in [2.24, 2.45) is 5.92 Å². The first-order valence-corrected chi connectivity index (χ1v) is 5.98. The minimum atomic E-state index is -0.313. The Bertz CT molecular complexity index is 489. The van der Waals surface area contributed by atoms with E-state index in [0.29, 0.717) is 5.92 Å². The molecule has 1 aromatic carbocycles. The van der Waals surface area contributed by atoms with Gasteiger partial charge in [-0.2, -0.15) is 0 Å². The van der Waals surface area contributed by atoms with Crippen LogP contribution >= 0.6 is 0 Å². The summed E-state index contributed by atoms with van der Waals surface area (Å²) in [6.07, 6.45) is 0. The van der Waals surface area contributed by atoms with Crippen molar-refractivity contribution in [2.45, 2.75) is 45.4 Å². The van der Waals surface area contributed by atoms with E-state index in [1.165, 1.54) is 5.56 Å². The summed E-state index contributed by atoms with van der Waals surface area (Å²) in [4.78, 5) is 10.5. The molecule has 0 aromatic heterocycles. The van der Waals surface area contributed by atoms with Crippen LogP contribution in [0.1, 0.15) is 45.7 Å². The standard InChI is InChI=1S/C14H19NO2/c1-9-13(2,3)11-7-6-10(15(16)17)8-12(11)14(9,4)5/h6-9H,1-5H3. The van der Waals surface area contributed by atoms with Gasteiger partial charge in [0.2, 0.25) is 0 Å². The average molecular weight is 233 g/mol. The summed E-state index contributed by atoms with van der Waals surface area (Å²) in [6.45, 7) is 11.0. The van der Waals surface area contributed by atoms with Gasteiger partial charge in [0.25, 0.3) is 5.69 Å². The van der Waals surface area contributed by atoms with Crippen molar-refractivity contribution in [2.75, 3.05) is 0 Å². The molecule has 1 aromatic rings. The fraction of sp³-hybridized carbons (Fsp3) is 0.571. The van der Waals surface area contributed by atoms with E-state index < -0.39 is 0 Å². The molecular weight excluding hydrogens is 214 g/mol. The SMILES string of the molecule is CC1C(C)(C)c2ccc([N+](=O)[O-])cc2C1(C)C. The molecule has 1 unspecified atom stereocenters. The van der Waals surface area contributed by atoms with Crippen molar-refractivity contribution in [1.29, 1.82) is 0 Å². The van der Waals surface area contributed by atoms with Gasteiger partial charge in [-0.05, 0) is 27.9 Å². The summed E-state index contributed by atoms with van der Waals surface area (Å²) in [5, 5.41) is 10.9. The predicted octanol–water partition coefficient (Wildman–Crippen LogP) is 3.80. The van der Waals surface area contributed by atoms with Crippen molar-refractivity contribution >= 4 is 5.69 Å². The molecule has 0 aliphatic heterocycles. The normalized spacial score (nSPS) is 24.4. The highest BCUT2D eigenvalue weighted by atomic mass is 16.6. The predicted molar refractivity (Wildman–Crippen MR) is 68.3 cm³/mol. The molecule has 0 bridgehead atoms. The molecule has 0 N–H and O–H groups in total. The van der Waals surface area contributed by atoms with Gasteiger partial charge in [-0.3, -0.25) is 10.1 Å². The van der Waals surface area contributed by atoms with Crippen molar-refractivity contribution in [3.05, 3.63) is 39.4 Å². The van der Waals surface area contributed by atoms with Crippen LogP contribution in [0.15, 0.2) is 18.2 Å². The first-order chi connectivity index (χ1) is 7.69. The Morgan fingerprint density at radius 1 is 1.12 bits per heavy atom. The smallest absolute Gasteiger partial charge is 0.258 e. The Hall–Kier alpha value is -1.38. The summed E-state index contributed by atoms with van der Waals surface area (Å²) >= 11 is 0. The Morgan fingerprint density at radius 3 is 2.18 bits per heavy atom. The molecule has 0 heterocycles. The monoisotopic (exact) mass is 233 g/mol. The lowest BCUT2D eigenvalue weighted by Gasteiger charge is -2.32. The Kier molecular flexibility index (Phi) is 2.35. The molecule has 1 aliphatic rings. The van der Waals surface area contributed by atoms with Gasteiger partial charge in [-0.15, -0.1) is 0 Å². The minimum Gasteiger partial charge on any atom is -0.258 e. The molecule has 17 heavy (non-hydrogen) atoms. The van der Waals surface area contributed by atoms with Gasteiger partial charge in [0.1, 0.15) is 0 Å². The second kappa shape index (κ2) is 3.31. The number of nitrogens with zero attached hydrogens (tertiary/aromatic N) is 1. The van der Waals surface area contributed by atoms with Crippen LogP contribution in [0.3, 0.4) is 0 Å². The van der Waals surface area contributed by atoms with Gasteiger partial charge in [-0.25, -0.2) is 0 Å². The molecule has 2 rings (SSSR count). The number of rotatable bonds is 1. The molecule has 0 saturated heterocycles. The van der Waals surface area contributed by atoms with Crippen LogP contribution < -0.4 is 0 Å². The van der Waals surface area contributed by atoms with Gasteiger partial charge in [0, 0.05) is 12.1 Å². The van der Waals surface area contributed by atoms with Crippen LogP contribution in [-0.4, -0.2) is 4.92 Å². The summed E-state index contributed by atoms with van der Waals surface area (Å²) in [5.41, 5.74) is 2.64. The average Bonchev–Trinajstić information content (AvgIpc) is 2.38. The molecule has 0 fully saturated rings. The number of non-ortho nitro benzene ring substituents is 1. The van der Waals surface area contributed by atoms with E-state index in [4.69, 9.17) is 0 Å². The largest absolute Gasteiger partial charge is 0.269 e. The Balaban J connectivity index is 2.68. The summed E-state index contributed by atoms with van der Waals surface area (Å²) < 4.78 is 0. The summed E-state index contributed by atoms with van der Waals surface area (Å²) in [5.74, 6) is 0.465. The van der Waals surface area contributed by atoms with Gasteiger partial charge in [0.15, 0.2) is 0 Å². The van der Waals surface area contributed by atoms with E-state index in [1.54, 1.807) is 12.1 Å². The summed E-state index contributed by atoms with van der Waals surface area (Å²) in [7, 11) is 0. The van der Waals surface area contributed by atoms with Crippen LogP contribution in [0.5, 0.6) is 0 Å². The molecule has 92 valence electrons. The van der Waals surface area contributed by atoms with E-state index in [2.05, 4.69) is 34.6 Å². The number of fused-ring (bicyclic) bond motifs is 1. The van der Waals surface area contributed by atoms with Crippen LogP contribution in [0.25, 0.3) is 0 Å². The van der Waals surface area contributed by atoms with Gasteiger partial charge < -0.3 is 0 Å². The lowest BCUT2D eigenvalue weighted by atomic mass is 9.71. The maximum atomic E-state index is 10.9. The molecule has 3 heteroatoms. The molecule has 0 saturated carbocycles. The van der Waals surface area contributed by atoms with Crippen molar-refractivity contribution < 1.29 is 4.92 Å². The fourth-order valence-corrected chi connectivity index (χ4v) is 3.11. The third kappa shape index (κ3) is 1.48. The maximum absolute atomic E-state index is 10.9. The zero-order chi connectivity index (χ0) is 13.0. The number of benzene rings is 1. The molecule has 1 atom stereocenters. The highest BCUT2D eigenvalue weighted by molar-refractivity contribution is 5.51. The highest BCUT2D eigenvalue weighted by Crippen LogP contribution is 2.54. The van der Waals surface area contributed by atoms with Crippen LogP contribution in [-0.2, 0) is 10.8 Å². The number of nitro benzene ring substituents is 1. The Labute approximate surface area is 102 Å².